The van der Waals surface area contributed by atoms with Crippen molar-refractivity contribution < 1.29 is 9.26 Å². The summed E-state index contributed by atoms with van der Waals surface area (Å²) in [5.74, 6) is 1.10. The van der Waals surface area contributed by atoms with Crippen LogP contribution < -0.4 is 10.5 Å². The number of aromatic nitrogens is 1. The van der Waals surface area contributed by atoms with Gasteiger partial charge >= 0.3 is 0 Å². The second kappa shape index (κ2) is 4.65. The zero-order valence-corrected chi connectivity index (χ0v) is 12.4. The number of hydrogen-bond acceptors (Lipinski definition) is 4. The van der Waals surface area contributed by atoms with Crippen molar-refractivity contribution in [2.75, 3.05) is 12.8 Å². The van der Waals surface area contributed by atoms with Crippen LogP contribution in [0, 0.1) is 20.8 Å². The number of ether oxygens (including phenoxy) is 1. The molecule has 0 bridgehead atoms. The van der Waals surface area contributed by atoms with Gasteiger partial charge in [-0.05, 0) is 37.5 Å². The van der Waals surface area contributed by atoms with Crippen LogP contribution in [0.25, 0.3) is 11.3 Å². The van der Waals surface area contributed by atoms with Crippen LogP contribution in [0.1, 0.15) is 16.7 Å². The lowest BCUT2D eigenvalue weighted by molar-refractivity contribution is 0.410. The Labute approximate surface area is 114 Å². The number of methoxy groups -OCH3 is 1. The number of nitrogens with two attached hydrogens (primary N) is 1. The fourth-order valence-electron chi connectivity index (χ4n) is 2.05. The van der Waals surface area contributed by atoms with Gasteiger partial charge in [0.1, 0.15) is 11.4 Å². The number of nitrogen functional groups attached to an aromatic ring is 1. The van der Waals surface area contributed by atoms with Crippen LogP contribution in [0.5, 0.6) is 5.75 Å². The summed E-state index contributed by atoms with van der Waals surface area (Å²) in [5.41, 5.74) is 10.5. The first-order chi connectivity index (χ1) is 8.47. The van der Waals surface area contributed by atoms with Gasteiger partial charge < -0.3 is 15.0 Å². The van der Waals surface area contributed by atoms with E-state index in [1.807, 2.05) is 13.8 Å². The molecule has 0 unspecified atom stereocenters. The van der Waals surface area contributed by atoms with Gasteiger partial charge in [-0.25, -0.2) is 0 Å². The van der Waals surface area contributed by atoms with Crippen molar-refractivity contribution in [2.45, 2.75) is 20.8 Å². The molecule has 2 N–H and O–H groups in total. The van der Waals surface area contributed by atoms with Gasteiger partial charge in [0.2, 0.25) is 5.88 Å². The second-order valence-corrected chi connectivity index (χ2v) is 5.00. The van der Waals surface area contributed by atoms with Gasteiger partial charge in [-0.15, -0.1) is 0 Å². The number of nitrogens with zero attached hydrogens (tertiary/aromatic N) is 1. The van der Waals surface area contributed by atoms with Gasteiger partial charge in [0.05, 0.1) is 12.7 Å². The molecule has 0 saturated carbocycles. The summed E-state index contributed by atoms with van der Waals surface area (Å²) in [6.45, 7) is 6.08. The highest BCUT2D eigenvalue weighted by atomic mass is 79.9. The Morgan fingerprint density at radius 1 is 1.22 bits per heavy atom. The summed E-state index contributed by atoms with van der Waals surface area (Å²) in [7, 11) is 1.65. The molecule has 0 radical (unpaired) electrons. The molecule has 0 atom stereocenters. The summed E-state index contributed by atoms with van der Waals surface area (Å²) in [6.07, 6.45) is 0. The second-order valence-electron chi connectivity index (χ2n) is 4.21. The van der Waals surface area contributed by atoms with E-state index in [4.69, 9.17) is 15.0 Å². The molecule has 5 heteroatoms. The molecular weight excluding hydrogens is 296 g/mol. The lowest BCUT2D eigenvalue weighted by Gasteiger charge is -2.17. The van der Waals surface area contributed by atoms with Crippen LogP contribution in [-0.4, -0.2) is 12.3 Å². The van der Waals surface area contributed by atoms with Crippen molar-refractivity contribution in [1.29, 1.82) is 0 Å². The first-order valence-electron chi connectivity index (χ1n) is 5.53. The molecule has 0 spiro atoms. The standard InChI is InChI=1S/C13H15BrN2O2/c1-6-7(2)13(17-4)11(8(3)12(6)14)9-5-10(15)18-16-9/h5H,15H2,1-4H3. The van der Waals surface area contributed by atoms with Gasteiger partial charge in [-0.2, -0.15) is 0 Å². The normalized spacial score (nSPS) is 10.7. The maximum absolute atomic E-state index is 5.58. The van der Waals surface area contributed by atoms with E-state index in [1.165, 1.54) is 0 Å². The Kier molecular flexibility index (Phi) is 3.34. The first-order valence-corrected chi connectivity index (χ1v) is 6.32. The number of benzene rings is 1. The van der Waals surface area contributed by atoms with Gasteiger partial charge in [0, 0.05) is 10.5 Å². The SMILES string of the molecule is COc1c(C)c(C)c(Br)c(C)c1-c1cc(N)on1. The number of rotatable bonds is 2. The van der Waals surface area contributed by atoms with Gasteiger partial charge in [0.25, 0.3) is 0 Å². The van der Waals surface area contributed by atoms with Crippen LogP contribution in [-0.2, 0) is 0 Å². The van der Waals surface area contributed by atoms with E-state index in [2.05, 4.69) is 28.0 Å². The van der Waals surface area contributed by atoms with Crippen molar-refractivity contribution in [2.24, 2.45) is 0 Å². The molecule has 0 aliphatic heterocycles. The molecule has 96 valence electrons. The maximum atomic E-state index is 5.58. The minimum absolute atomic E-state index is 0.292. The van der Waals surface area contributed by atoms with Crippen molar-refractivity contribution in [3.8, 4) is 17.0 Å². The number of anilines is 1. The third kappa shape index (κ3) is 1.88. The lowest BCUT2D eigenvalue weighted by atomic mass is 9.97. The number of halogens is 1. The van der Waals surface area contributed by atoms with E-state index in [0.717, 1.165) is 32.5 Å². The van der Waals surface area contributed by atoms with E-state index >= 15 is 0 Å². The Bertz CT molecular complexity index is 606. The van der Waals surface area contributed by atoms with Crippen molar-refractivity contribution in [1.82, 2.24) is 5.16 Å². The Morgan fingerprint density at radius 2 is 1.89 bits per heavy atom. The molecule has 2 aromatic rings. The third-order valence-corrected chi connectivity index (χ3v) is 4.34. The monoisotopic (exact) mass is 310 g/mol. The van der Waals surface area contributed by atoms with E-state index in [0.29, 0.717) is 11.6 Å². The molecule has 0 saturated heterocycles. The highest BCUT2D eigenvalue weighted by Crippen LogP contribution is 2.41. The molecule has 1 heterocycles. The van der Waals surface area contributed by atoms with Crippen LogP contribution >= 0.6 is 15.9 Å². The van der Waals surface area contributed by atoms with Gasteiger partial charge in [0.15, 0.2) is 0 Å². The molecule has 1 aromatic heterocycles. The van der Waals surface area contributed by atoms with E-state index in [1.54, 1.807) is 13.2 Å². The largest absolute Gasteiger partial charge is 0.496 e. The summed E-state index contributed by atoms with van der Waals surface area (Å²) < 4.78 is 11.5. The Hall–Kier alpha value is -1.49. The molecule has 4 nitrogen and oxygen atoms in total. The zero-order valence-electron chi connectivity index (χ0n) is 10.8. The molecule has 0 amide bonds. The highest BCUT2D eigenvalue weighted by molar-refractivity contribution is 9.10. The quantitative estimate of drug-likeness (QED) is 0.920. The zero-order chi connectivity index (χ0) is 13.4. The first kappa shape index (κ1) is 13.0. The van der Waals surface area contributed by atoms with Crippen molar-refractivity contribution in [3.63, 3.8) is 0 Å². The molecule has 0 aliphatic rings. The fourth-order valence-corrected chi connectivity index (χ4v) is 2.55. The topological polar surface area (TPSA) is 61.3 Å². The van der Waals surface area contributed by atoms with E-state index < -0.39 is 0 Å². The summed E-state index contributed by atoms with van der Waals surface area (Å²) in [6, 6.07) is 1.70. The summed E-state index contributed by atoms with van der Waals surface area (Å²) in [5, 5.41) is 3.97. The minimum Gasteiger partial charge on any atom is -0.496 e. The predicted octanol–water partition coefficient (Wildman–Crippen LogP) is 3.62. The molecular formula is C13H15BrN2O2. The molecule has 2 rings (SSSR count). The average Bonchev–Trinajstić information content (AvgIpc) is 2.77. The average molecular weight is 311 g/mol. The number of hydrogen-bond donors (Lipinski definition) is 1. The molecule has 0 aliphatic carbocycles. The Morgan fingerprint density at radius 3 is 2.39 bits per heavy atom. The Balaban J connectivity index is 2.81. The summed E-state index contributed by atoms with van der Waals surface area (Å²) in [4.78, 5) is 0. The molecule has 18 heavy (non-hydrogen) atoms. The van der Waals surface area contributed by atoms with E-state index in [9.17, 15) is 0 Å². The predicted molar refractivity (Wildman–Crippen MR) is 74.8 cm³/mol. The minimum atomic E-state index is 0.292. The lowest BCUT2D eigenvalue weighted by Crippen LogP contribution is -1.99. The van der Waals surface area contributed by atoms with Crippen LogP contribution in [0.3, 0.4) is 0 Å². The van der Waals surface area contributed by atoms with Crippen molar-refractivity contribution in [3.05, 3.63) is 27.2 Å². The van der Waals surface area contributed by atoms with Crippen LogP contribution in [0.4, 0.5) is 5.88 Å². The van der Waals surface area contributed by atoms with E-state index in [-0.39, 0.29) is 0 Å². The van der Waals surface area contributed by atoms with Gasteiger partial charge in [-0.3, -0.25) is 0 Å². The van der Waals surface area contributed by atoms with Gasteiger partial charge in [-0.1, -0.05) is 21.1 Å². The van der Waals surface area contributed by atoms with Crippen LogP contribution in [0.2, 0.25) is 0 Å². The van der Waals surface area contributed by atoms with Crippen LogP contribution in [0.15, 0.2) is 15.1 Å². The smallest absolute Gasteiger partial charge is 0.222 e. The maximum Gasteiger partial charge on any atom is 0.222 e. The third-order valence-electron chi connectivity index (χ3n) is 3.15. The highest BCUT2D eigenvalue weighted by Gasteiger charge is 2.20. The fraction of sp³-hybridized carbons (Fsp3) is 0.308. The van der Waals surface area contributed by atoms with Crippen molar-refractivity contribution >= 4 is 21.8 Å². The molecule has 0 fully saturated rings. The molecule has 1 aromatic carbocycles. The summed E-state index contributed by atoms with van der Waals surface area (Å²) >= 11 is 3.60.